The molecule has 2 unspecified atom stereocenters. The first-order valence-electron chi connectivity index (χ1n) is 18.3. The van der Waals surface area contributed by atoms with Gasteiger partial charge in [0, 0.05) is 48.3 Å². The van der Waals surface area contributed by atoms with Crippen LogP contribution in [0.1, 0.15) is 130 Å². The molecule has 3 aliphatic rings. The average molecular weight is 670 g/mol. The van der Waals surface area contributed by atoms with E-state index in [2.05, 4.69) is 92.4 Å². The second kappa shape index (κ2) is 14.1. The van der Waals surface area contributed by atoms with E-state index >= 15 is 0 Å². The highest BCUT2D eigenvalue weighted by molar-refractivity contribution is 7.24. The number of unbranched alkanes of at least 4 members (excludes halogenated alkanes) is 6. The summed E-state index contributed by atoms with van der Waals surface area (Å²) in [7, 11) is 0. The van der Waals surface area contributed by atoms with E-state index in [-0.39, 0.29) is 11.0 Å². The average Bonchev–Trinajstić information content (AvgIpc) is 3.92. The van der Waals surface area contributed by atoms with E-state index in [0.717, 1.165) is 17.7 Å². The quantitative estimate of drug-likeness (QED) is 0.105. The third-order valence-electron chi connectivity index (χ3n) is 11.3. The maximum Gasteiger partial charge on any atom is 0.131 e. The van der Waals surface area contributed by atoms with Crippen molar-refractivity contribution in [3.05, 3.63) is 87.3 Å². The summed E-state index contributed by atoms with van der Waals surface area (Å²) in [6.45, 7) is 6.75. The highest BCUT2D eigenvalue weighted by Gasteiger charge is 2.46. The Morgan fingerprint density at radius 2 is 1.52 bits per heavy atom. The summed E-state index contributed by atoms with van der Waals surface area (Å²) in [6, 6.07) is 26.0. The van der Waals surface area contributed by atoms with Crippen molar-refractivity contribution in [3.63, 3.8) is 0 Å². The predicted molar refractivity (Wildman–Crippen MR) is 204 cm³/mol. The molecule has 7 rings (SSSR count). The van der Waals surface area contributed by atoms with Crippen molar-refractivity contribution in [3.8, 4) is 32.3 Å². The van der Waals surface area contributed by atoms with Crippen molar-refractivity contribution >= 4 is 40.1 Å². The first-order valence-corrected chi connectivity index (χ1v) is 20.0. The van der Waals surface area contributed by atoms with Gasteiger partial charge < -0.3 is 4.90 Å². The molecule has 5 heteroatoms. The molecule has 2 aliphatic carbocycles. The molecule has 0 bridgehead atoms. The molecule has 0 N–H and O–H groups in total. The fourth-order valence-corrected chi connectivity index (χ4v) is 11.5. The van der Waals surface area contributed by atoms with Crippen molar-refractivity contribution < 1.29 is 0 Å². The lowest BCUT2D eigenvalue weighted by atomic mass is 9.71. The number of fused-ring (bicyclic) bond motifs is 6. The Labute approximate surface area is 295 Å². The second-order valence-electron chi connectivity index (χ2n) is 14.3. The zero-order chi connectivity index (χ0) is 33.3. The van der Waals surface area contributed by atoms with E-state index in [1.54, 1.807) is 17.4 Å². The summed E-state index contributed by atoms with van der Waals surface area (Å²) in [5.41, 5.74) is 10.1. The number of hydrogen-bond donors (Lipinski definition) is 0. The smallest absolute Gasteiger partial charge is 0.131 e. The van der Waals surface area contributed by atoms with Gasteiger partial charge in [0.05, 0.1) is 0 Å². The highest BCUT2D eigenvalue weighted by atomic mass is 32.1. The molecule has 3 heterocycles. The summed E-state index contributed by atoms with van der Waals surface area (Å²) in [5, 5.41) is 19.1. The van der Waals surface area contributed by atoms with Gasteiger partial charge >= 0.3 is 0 Å². The number of allylic oxidation sites excluding steroid dienone is 1. The summed E-state index contributed by atoms with van der Waals surface area (Å²) in [6.07, 6.45) is 18.0. The molecule has 4 aromatic rings. The van der Waals surface area contributed by atoms with Crippen LogP contribution < -0.4 is 4.90 Å². The molecule has 0 spiro atoms. The van der Waals surface area contributed by atoms with Gasteiger partial charge in [-0.2, -0.15) is 10.5 Å². The number of nitriles is 2. The van der Waals surface area contributed by atoms with Crippen molar-refractivity contribution in [1.29, 1.82) is 10.5 Å². The van der Waals surface area contributed by atoms with Crippen LogP contribution in [0.4, 0.5) is 11.4 Å². The Morgan fingerprint density at radius 3 is 2.21 bits per heavy atom. The monoisotopic (exact) mass is 669 g/mol. The van der Waals surface area contributed by atoms with Crippen LogP contribution in [0.2, 0.25) is 0 Å². The molecule has 3 nitrogen and oxygen atoms in total. The molecule has 2 aromatic carbocycles. The topological polar surface area (TPSA) is 50.8 Å². The minimum atomic E-state index is -0.00153. The highest BCUT2D eigenvalue weighted by Crippen LogP contribution is 2.61. The summed E-state index contributed by atoms with van der Waals surface area (Å²) in [4.78, 5) is 7.84. The predicted octanol–water partition coefficient (Wildman–Crippen LogP) is 13.2. The Bertz CT molecular complexity index is 1860. The Morgan fingerprint density at radius 1 is 0.833 bits per heavy atom. The fourth-order valence-electron chi connectivity index (χ4n) is 8.86. The standard InChI is InChI=1S/C43H47N3S2/c1-4-6-8-10-21-43(22-11-9-7-5-2)36-25-33(23-30(27-44)28-45)47-41(36)42-37(43)26-40(48-42)31-17-20-39-35(24-31)34-13-12-14-38(34)46(39)32-18-15-29(3)16-19-32/h15-20,23-26,34,38H,4-14,21-22H2,1-3H3. The number of hydrogen-bond acceptors (Lipinski definition) is 5. The number of benzene rings is 2. The van der Waals surface area contributed by atoms with Crippen LogP contribution in [0.3, 0.4) is 0 Å². The van der Waals surface area contributed by atoms with Crippen LogP contribution >= 0.6 is 22.7 Å². The first kappa shape index (κ1) is 32.9. The van der Waals surface area contributed by atoms with Crippen LogP contribution in [0.15, 0.2) is 60.2 Å². The summed E-state index contributed by atoms with van der Waals surface area (Å²) >= 11 is 3.75. The third kappa shape index (κ3) is 5.84. The molecule has 0 saturated heterocycles. The SMILES string of the molecule is CCCCCCC1(CCCCCC)c2cc(C=C(C#N)C#N)sc2-c2sc(-c3ccc4c(c3)C3CCCC3N4c3ccc(C)cc3)cc21. The van der Waals surface area contributed by atoms with Crippen LogP contribution in [0.25, 0.3) is 26.3 Å². The van der Waals surface area contributed by atoms with Gasteiger partial charge in [-0.1, -0.05) is 95.4 Å². The lowest BCUT2D eigenvalue weighted by Gasteiger charge is -2.31. The molecule has 1 aliphatic heterocycles. The number of aryl methyl sites for hydroxylation is 1. The summed E-state index contributed by atoms with van der Waals surface area (Å²) in [5.74, 6) is 0.594. The number of nitrogens with zero attached hydrogens (tertiary/aromatic N) is 3. The van der Waals surface area contributed by atoms with Gasteiger partial charge in [0.25, 0.3) is 0 Å². The van der Waals surface area contributed by atoms with Crippen LogP contribution in [0, 0.1) is 29.6 Å². The van der Waals surface area contributed by atoms with Crippen LogP contribution in [-0.4, -0.2) is 6.04 Å². The largest absolute Gasteiger partial charge is 0.338 e. The van der Waals surface area contributed by atoms with Gasteiger partial charge in [-0.25, -0.2) is 0 Å². The normalized spacial score (nSPS) is 18.1. The molecule has 2 aromatic heterocycles. The van der Waals surface area contributed by atoms with Crippen molar-refractivity contribution in [2.75, 3.05) is 4.90 Å². The second-order valence-corrected chi connectivity index (χ2v) is 16.4. The molecular weight excluding hydrogens is 623 g/mol. The molecule has 246 valence electrons. The van der Waals surface area contributed by atoms with Gasteiger partial charge in [0.2, 0.25) is 0 Å². The van der Waals surface area contributed by atoms with Gasteiger partial charge in [0.1, 0.15) is 17.7 Å². The van der Waals surface area contributed by atoms with Gasteiger partial charge in [-0.05, 0) is 97.3 Å². The van der Waals surface area contributed by atoms with Crippen LogP contribution in [0.5, 0.6) is 0 Å². The fraction of sp³-hybridized carbons (Fsp3) is 0.442. The molecule has 48 heavy (non-hydrogen) atoms. The minimum Gasteiger partial charge on any atom is -0.338 e. The van der Waals surface area contributed by atoms with Gasteiger partial charge in [-0.15, -0.1) is 22.7 Å². The maximum atomic E-state index is 9.54. The third-order valence-corrected chi connectivity index (χ3v) is 13.7. The van der Waals surface area contributed by atoms with E-state index in [0.29, 0.717) is 12.0 Å². The molecule has 1 saturated carbocycles. The van der Waals surface area contributed by atoms with Crippen LogP contribution in [-0.2, 0) is 5.41 Å². The van der Waals surface area contributed by atoms with Crippen molar-refractivity contribution in [1.82, 2.24) is 0 Å². The zero-order valence-corrected chi connectivity index (χ0v) is 30.4. The summed E-state index contributed by atoms with van der Waals surface area (Å²) < 4.78 is 0. The lowest BCUT2D eigenvalue weighted by Crippen LogP contribution is -2.26. The lowest BCUT2D eigenvalue weighted by molar-refractivity contribution is 0.402. The minimum absolute atomic E-state index is 0.00153. The van der Waals surface area contributed by atoms with E-state index in [1.807, 2.05) is 11.3 Å². The first-order chi connectivity index (χ1) is 23.5. The Balaban J connectivity index is 1.31. The molecule has 1 fully saturated rings. The van der Waals surface area contributed by atoms with Crippen molar-refractivity contribution in [2.45, 2.75) is 122 Å². The maximum absolute atomic E-state index is 9.54. The molecular formula is C43H47N3S2. The number of rotatable bonds is 13. The van der Waals surface area contributed by atoms with E-state index < -0.39 is 0 Å². The number of thiophene rings is 2. The zero-order valence-electron chi connectivity index (χ0n) is 28.8. The van der Waals surface area contributed by atoms with E-state index in [9.17, 15) is 10.5 Å². The van der Waals surface area contributed by atoms with Gasteiger partial charge in [-0.3, -0.25) is 0 Å². The molecule has 0 amide bonds. The Hall–Kier alpha value is -3.64. The molecule has 0 radical (unpaired) electrons. The number of anilines is 2. The molecule has 2 atom stereocenters. The van der Waals surface area contributed by atoms with Gasteiger partial charge in [0.15, 0.2) is 0 Å². The van der Waals surface area contributed by atoms with Crippen molar-refractivity contribution in [2.24, 2.45) is 0 Å². The van der Waals surface area contributed by atoms with E-state index in [4.69, 9.17) is 0 Å². The van der Waals surface area contributed by atoms with E-state index in [1.165, 1.54) is 124 Å². The Kier molecular flexibility index (Phi) is 9.64.